The Morgan fingerprint density at radius 3 is 2.11 bits per heavy atom. The van der Waals surface area contributed by atoms with Crippen LogP contribution in [0.5, 0.6) is 11.8 Å². The first kappa shape index (κ1) is 13.6. The van der Waals surface area contributed by atoms with E-state index in [-0.39, 0.29) is 5.82 Å². The van der Waals surface area contributed by atoms with E-state index in [0.717, 1.165) is 6.92 Å². The van der Waals surface area contributed by atoms with Crippen molar-refractivity contribution in [1.29, 1.82) is 0 Å². The van der Waals surface area contributed by atoms with Gasteiger partial charge in [0.1, 0.15) is 0 Å². The van der Waals surface area contributed by atoms with Crippen LogP contribution in [0.25, 0.3) is 0 Å². The molecule has 0 aliphatic rings. The molecule has 0 radical (unpaired) electrons. The van der Waals surface area contributed by atoms with Gasteiger partial charge in [0.15, 0.2) is 11.4 Å². The Labute approximate surface area is 101 Å². The van der Waals surface area contributed by atoms with Gasteiger partial charge in [0.25, 0.3) is 11.8 Å². The monoisotopic (exact) mass is 257 g/mol. The summed E-state index contributed by atoms with van der Waals surface area (Å²) in [5.74, 6) is -2.87. The Balaban J connectivity index is 3.29. The van der Waals surface area contributed by atoms with Crippen LogP contribution in [-0.2, 0) is 15.1 Å². The number of hydrogen-bond donors (Lipinski definition) is 2. The van der Waals surface area contributed by atoms with Gasteiger partial charge in [0, 0.05) is 6.92 Å². The molecular weight excluding hydrogens is 246 g/mol. The van der Waals surface area contributed by atoms with Crippen LogP contribution in [-0.4, -0.2) is 31.1 Å². The van der Waals surface area contributed by atoms with E-state index in [1.54, 1.807) is 0 Å². The number of nitrogens with zero attached hydrogens (tertiary/aromatic N) is 3. The van der Waals surface area contributed by atoms with Gasteiger partial charge >= 0.3 is 11.7 Å². The number of carbonyl (C=O) groups excluding carboxylic acids is 1. The molecule has 0 aliphatic carbocycles. The van der Waals surface area contributed by atoms with E-state index in [1.807, 2.05) is 0 Å². The van der Waals surface area contributed by atoms with Gasteiger partial charge in [-0.25, -0.2) is 0 Å². The Bertz CT molecular complexity index is 490. The van der Waals surface area contributed by atoms with E-state index < -0.39 is 33.9 Å². The first-order chi connectivity index (χ1) is 8.15. The van der Waals surface area contributed by atoms with Gasteiger partial charge in [-0.2, -0.15) is 9.97 Å². The lowest BCUT2D eigenvalue weighted by molar-refractivity contribution is -0.387. The van der Waals surface area contributed by atoms with Crippen molar-refractivity contribution in [3.8, 4) is 11.8 Å². The van der Waals surface area contributed by atoms with Gasteiger partial charge in [-0.1, -0.05) is 0 Å². The lowest BCUT2D eigenvalue weighted by Crippen LogP contribution is -2.27. The number of ether oxygens (including phenoxy) is 1. The average Bonchev–Trinajstić information content (AvgIpc) is 2.13. The van der Waals surface area contributed by atoms with Crippen LogP contribution >= 0.6 is 0 Å². The molecule has 1 heterocycles. The number of carbonyl (C=O) groups is 1. The molecule has 0 atom stereocenters. The van der Waals surface area contributed by atoms with Crippen LogP contribution in [0.3, 0.4) is 0 Å². The third-order valence-electron chi connectivity index (χ3n) is 1.97. The second-order valence-corrected chi connectivity index (χ2v) is 3.90. The lowest BCUT2D eigenvalue weighted by atomic mass is 10.1. The summed E-state index contributed by atoms with van der Waals surface area (Å²) in [4.78, 5) is 27.2. The van der Waals surface area contributed by atoms with Gasteiger partial charge in [-0.3, -0.25) is 14.9 Å². The number of nitro groups is 1. The zero-order valence-electron chi connectivity index (χ0n) is 9.87. The first-order valence-electron chi connectivity index (χ1n) is 4.79. The molecule has 0 aromatic carbocycles. The fourth-order valence-electron chi connectivity index (χ4n) is 1.27. The molecule has 18 heavy (non-hydrogen) atoms. The Morgan fingerprint density at radius 1 is 1.33 bits per heavy atom. The number of esters is 1. The average molecular weight is 257 g/mol. The summed E-state index contributed by atoms with van der Waals surface area (Å²) in [7, 11) is 0. The van der Waals surface area contributed by atoms with Crippen molar-refractivity contribution in [3.63, 3.8) is 0 Å². The zero-order valence-corrected chi connectivity index (χ0v) is 9.87. The number of aromatic nitrogens is 2. The van der Waals surface area contributed by atoms with E-state index >= 15 is 0 Å². The summed E-state index contributed by atoms with van der Waals surface area (Å²) in [6.07, 6.45) is 0. The minimum absolute atomic E-state index is 0.252. The van der Waals surface area contributed by atoms with Crippen LogP contribution in [0.15, 0.2) is 0 Å². The SMILES string of the molecule is CC(=O)OC(C)(C)c1nc(O)c([N+](=O)[O-])c(O)n1. The third kappa shape index (κ3) is 2.62. The van der Waals surface area contributed by atoms with E-state index in [4.69, 9.17) is 4.74 Å². The van der Waals surface area contributed by atoms with Crippen molar-refractivity contribution in [2.45, 2.75) is 26.4 Å². The first-order valence-corrected chi connectivity index (χ1v) is 4.79. The van der Waals surface area contributed by atoms with E-state index in [9.17, 15) is 25.1 Å². The van der Waals surface area contributed by atoms with E-state index in [2.05, 4.69) is 9.97 Å². The Kier molecular flexibility index (Phi) is 3.35. The molecule has 0 unspecified atom stereocenters. The van der Waals surface area contributed by atoms with Crippen LogP contribution in [0.4, 0.5) is 5.69 Å². The van der Waals surface area contributed by atoms with Gasteiger partial charge in [-0.15, -0.1) is 0 Å². The minimum Gasteiger partial charge on any atom is -0.488 e. The molecule has 0 saturated heterocycles. The highest BCUT2D eigenvalue weighted by Gasteiger charge is 2.33. The molecule has 0 spiro atoms. The molecule has 1 rings (SSSR count). The fraction of sp³-hybridized carbons (Fsp3) is 0.444. The maximum absolute atomic E-state index is 10.9. The Hall–Kier alpha value is -2.45. The third-order valence-corrected chi connectivity index (χ3v) is 1.97. The molecule has 0 aliphatic heterocycles. The van der Waals surface area contributed by atoms with Crippen molar-refractivity contribution in [1.82, 2.24) is 9.97 Å². The lowest BCUT2D eigenvalue weighted by Gasteiger charge is -2.22. The molecule has 1 aromatic rings. The molecule has 0 saturated carbocycles. The second-order valence-electron chi connectivity index (χ2n) is 3.90. The molecule has 9 nitrogen and oxygen atoms in total. The molecule has 0 bridgehead atoms. The zero-order chi connectivity index (χ0) is 14.1. The van der Waals surface area contributed by atoms with Crippen molar-refractivity contribution in [2.24, 2.45) is 0 Å². The van der Waals surface area contributed by atoms with Crippen molar-refractivity contribution in [3.05, 3.63) is 15.9 Å². The van der Waals surface area contributed by atoms with Gasteiger partial charge in [-0.05, 0) is 13.8 Å². The minimum atomic E-state index is -1.34. The van der Waals surface area contributed by atoms with Crippen molar-refractivity contribution >= 4 is 11.7 Å². The number of aromatic hydroxyl groups is 2. The highest BCUT2D eigenvalue weighted by molar-refractivity contribution is 5.66. The maximum Gasteiger partial charge on any atom is 0.391 e. The number of rotatable bonds is 3. The maximum atomic E-state index is 10.9. The molecule has 0 amide bonds. The summed E-state index contributed by atoms with van der Waals surface area (Å²) in [5, 5.41) is 29.2. The molecule has 0 fully saturated rings. The molecule has 9 heteroatoms. The predicted octanol–water partition coefficient (Wildman–Crippen LogP) is 0.594. The van der Waals surface area contributed by atoms with Crippen molar-refractivity contribution < 1.29 is 24.7 Å². The van der Waals surface area contributed by atoms with Crippen LogP contribution in [0, 0.1) is 10.1 Å². The van der Waals surface area contributed by atoms with Crippen LogP contribution in [0.1, 0.15) is 26.6 Å². The van der Waals surface area contributed by atoms with Gasteiger partial charge < -0.3 is 14.9 Å². The molecule has 2 N–H and O–H groups in total. The van der Waals surface area contributed by atoms with Gasteiger partial charge in [0.05, 0.1) is 4.92 Å². The van der Waals surface area contributed by atoms with Crippen LogP contribution < -0.4 is 0 Å². The predicted molar refractivity (Wildman–Crippen MR) is 56.8 cm³/mol. The standard InChI is InChI=1S/C9H11N3O6/c1-4(13)18-9(2,3)8-10-6(14)5(12(16)17)7(15)11-8/h1-3H3,(H2,10,11,14,15). The molecule has 1 aromatic heterocycles. The highest BCUT2D eigenvalue weighted by Crippen LogP contribution is 2.34. The van der Waals surface area contributed by atoms with Crippen LogP contribution in [0.2, 0.25) is 0 Å². The van der Waals surface area contributed by atoms with Gasteiger partial charge in [0.2, 0.25) is 0 Å². The summed E-state index contributed by atoms with van der Waals surface area (Å²) in [6.45, 7) is 3.98. The van der Waals surface area contributed by atoms with Crippen molar-refractivity contribution in [2.75, 3.05) is 0 Å². The fourth-order valence-corrected chi connectivity index (χ4v) is 1.27. The molecular formula is C9H11N3O6. The van der Waals surface area contributed by atoms with E-state index in [1.165, 1.54) is 13.8 Å². The second kappa shape index (κ2) is 4.43. The molecule has 98 valence electrons. The summed E-state index contributed by atoms with van der Waals surface area (Å²) < 4.78 is 4.88. The summed E-state index contributed by atoms with van der Waals surface area (Å²) in [5.41, 5.74) is -2.34. The normalized spacial score (nSPS) is 11.1. The smallest absolute Gasteiger partial charge is 0.391 e. The summed E-state index contributed by atoms with van der Waals surface area (Å²) in [6, 6.07) is 0. The number of hydrogen-bond acceptors (Lipinski definition) is 8. The summed E-state index contributed by atoms with van der Waals surface area (Å²) >= 11 is 0. The Morgan fingerprint density at radius 2 is 1.78 bits per heavy atom. The highest BCUT2D eigenvalue weighted by atomic mass is 16.6. The largest absolute Gasteiger partial charge is 0.488 e. The quantitative estimate of drug-likeness (QED) is 0.456. The topological polar surface area (TPSA) is 136 Å². The van der Waals surface area contributed by atoms with E-state index in [0.29, 0.717) is 0 Å².